The summed E-state index contributed by atoms with van der Waals surface area (Å²) in [4.78, 5) is 12.2. The molecule has 3 rings (SSSR count). The molecular weight excluding hydrogens is 250 g/mol. The summed E-state index contributed by atoms with van der Waals surface area (Å²) in [5, 5.41) is 3.23. The molecule has 1 heterocycles. The van der Waals surface area contributed by atoms with E-state index in [1.54, 1.807) is 0 Å². The molecule has 2 aliphatic carbocycles. The Morgan fingerprint density at radius 3 is 2.45 bits per heavy atom. The van der Waals surface area contributed by atoms with Crippen LogP contribution in [0.5, 0.6) is 0 Å². The van der Waals surface area contributed by atoms with E-state index in [1.165, 1.54) is 38.5 Å². The van der Waals surface area contributed by atoms with Gasteiger partial charge in [0.1, 0.15) is 0 Å². The van der Waals surface area contributed by atoms with Gasteiger partial charge in [0.2, 0.25) is 5.91 Å². The number of hydrogen-bond donors (Lipinski definition) is 1. The van der Waals surface area contributed by atoms with Crippen LogP contribution in [0.15, 0.2) is 0 Å². The largest absolute Gasteiger partial charge is 0.381 e. The van der Waals surface area contributed by atoms with Crippen LogP contribution in [0.3, 0.4) is 0 Å². The van der Waals surface area contributed by atoms with Gasteiger partial charge in [-0.2, -0.15) is 0 Å². The second-order valence-corrected chi connectivity index (χ2v) is 7.93. The van der Waals surface area contributed by atoms with E-state index in [1.807, 2.05) is 0 Å². The lowest BCUT2D eigenvalue weighted by molar-refractivity contribution is -0.123. The number of carbonyl (C=O) groups excluding carboxylic acids is 1. The molecule has 0 spiro atoms. The number of amides is 1. The third-order valence-electron chi connectivity index (χ3n) is 5.63. The predicted molar refractivity (Wildman–Crippen MR) is 79.3 cm³/mol. The summed E-state index contributed by atoms with van der Waals surface area (Å²) in [5.41, 5.74) is 0.210. The number of fused-ring (bicyclic) bond motifs is 1. The fourth-order valence-corrected chi connectivity index (χ4v) is 4.46. The van der Waals surface area contributed by atoms with Gasteiger partial charge in [0.15, 0.2) is 0 Å². The molecule has 3 fully saturated rings. The van der Waals surface area contributed by atoms with Gasteiger partial charge >= 0.3 is 0 Å². The first-order chi connectivity index (χ1) is 9.57. The van der Waals surface area contributed by atoms with Crippen LogP contribution < -0.4 is 5.32 Å². The number of carbonyl (C=O) groups is 1. The Morgan fingerprint density at radius 2 is 1.80 bits per heavy atom. The maximum Gasteiger partial charge on any atom is 0.223 e. The van der Waals surface area contributed by atoms with Crippen LogP contribution in [0, 0.1) is 29.1 Å². The minimum Gasteiger partial charge on any atom is -0.381 e. The van der Waals surface area contributed by atoms with Gasteiger partial charge in [-0.3, -0.25) is 4.79 Å². The number of rotatable bonds is 5. The lowest BCUT2D eigenvalue weighted by atomic mass is 9.79. The summed E-state index contributed by atoms with van der Waals surface area (Å²) in [5.74, 6) is 2.93. The normalized spacial score (nSPS) is 33.8. The first-order valence-corrected chi connectivity index (χ1v) is 8.42. The quantitative estimate of drug-likeness (QED) is 0.840. The van der Waals surface area contributed by atoms with Crippen molar-refractivity contribution in [3.8, 4) is 0 Å². The molecule has 3 heteroatoms. The van der Waals surface area contributed by atoms with Crippen molar-refractivity contribution in [2.45, 2.75) is 52.4 Å². The van der Waals surface area contributed by atoms with Gasteiger partial charge in [-0.25, -0.2) is 0 Å². The molecule has 1 saturated heterocycles. The van der Waals surface area contributed by atoms with Gasteiger partial charge in [0.05, 0.1) is 0 Å². The maximum absolute atomic E-state index is 12.2. The maximum atomic E-state index is 12.2. The Bertz CT molecular complexity index is 350. The van der Waals surface area contributed by atoms with Crippen molar-refractivity contribution in [1.82, 2.24) is 5.32 Å². The minimum absolute atomic E-state index is 0.210. The molecule has 0 radical (unpaired) electrons. The third kappa shape index (κ3) is 3.19. The Balaban J connectivity index is 1.41. The molecule has 2 saturated carbocycles. The number of nitrogens with one attached hydrogen (secondary N) is 1. The number of ether oxygens (including phenoxy) is 1. The van der Waals surface area contributed by atoms with E-state index >= 15 is 0 Å². The van der Waals surface area contributed by atoms with Crippen LogP contribution in [0.2, 0.25) is 0 Å². The topological polar surface area (TPSA) is 38.3 Å². The van der Waals surface area contributed by atoms with Gasteiger partial charge in [0.25, 0.3) is 0 Å². The van der Waals surface area contributed by atoms with E-state index in [-0.39, 0.29) is 5.41 Å². The highest BCUT2D eigenvalue weighted by molar-refractivity contribution is 5.82. The van der Waals surface area contributed by atoms with E-state index in [9.17, 15) is 4.79 Å². The molecule has 2 unspecified atom stereocenters. The number of hydrogen-bond acceptors (Lipinski definition) is 2. The Kier molecular flexibility index (Phi) is 4.07. The first-order valence-electron chi connectivity index (χ1n) is 8.42. The van der Waals surface area contributed by atoms with Crippen molar-refractivity contribution in [2.75, 3.05) is 19.8 Å². The summed E-state index contributed by atoms with van der Waals surface area (Å²) >= 11 is 0. The van der Waals surface area contributed by atoms with Crippen LogP contribution in [0.1, 0.15) is 52.4 Å². The zero-order valence-electron chi connectivity index (χ0n) is 13.0. The highest BCUT2D eigenvalue weighted by Crippen LogP contribution is 2.57. The van der Waals surface area contributed by atoms with Crippen LogP contribution >= 0.6 is 0 Å². The molecule has 0 bridgehead atoms. The predicted octanol–water partition coefficient (Wildman–Crippen LogP) is 2.99. The summed E-state index contributed by atoms with van der Waals surface area (Å²) in [6.45, 7) is 7.24. The first kappa shape index (κ1) is 14.4. The molecule has 114 valence electrons. The lowest BCUT2D eigenvalue weighted by Crippen LogP contribution is -2.37. The fourth-order valence-electron chi connectivity index (χ4n) is 4.46. The second-order valence-electron chi connectivity index (χ2n) is 7.93. The minimum atomic E-state index is 0.210. The molecule has 3 aliphatic rings. The zero-order valence-corrected chi connectivity index (χ0v) is 13.0. The molecule has 0 aromatic rings. The molecule has 20 heavy (non-hydrogen) atoms. The van der Waals surface area contributed by atoms with Gasteiger partial charge in [-0.1, -0.05) is 20.3 Å². The van der Waals surface area contributed by atoms with E-state index in [4.69, 9.17) is 4.74 Å². The van der Waals surface area contributed by atoms with E-state index < -0.39 is 0 Å². The van der Waals surface area contributed by atoms with Crippen molar-refractivity contribution in [1.29, 1.82) is 0 Å². The molecule has 1 N–H and O–H groups in total. The molecular formula is C17H29NO2. The average Bonchev–Trinajstić information content (AvgIpc) is 2.90. The van der Waals surface area contributed by atoms with Crippen molar-refractivity contribution in [2.24, 2.45) is 29.1 Å². The molecule has 2 atom stereocenters. The van der Waals surface area contributed by atoms with Crippen LogP contribution in [0.25, 0.3) is 0 Å². The van der Waals surface area contributed by atoms with Gasteiger partial charge < -0.3 is 10.1 Å². The van der Waals surface area contributed by atoms with Crippen molar-refractivity contribution in [3.05, 3.63) is 0 Å². The zero-order chi connectivity index (χ0) is 14.2. The van der Waals surface area contributed by atoms with E-state index in [0.717, 1.165) is 37.5 Å². The van der Waals surface area contributed by atoms with Gasteiger partial charge in [-0.05, 0) is 55.3 Å². The average molecular weight is 279 g/mol. The Morgan fingerprint density at radius 1 is 1.15 bits per heavy atom. The summed E-state index contributed by atoms with van der Waals surface area (Å²) < 4.78 is 5.42. The van der Waals surface area contributed by atoms with Crippen LogP contribution in [0.4, 0.5) is 0 Å². The van der Waals surface area contributed by atoms with Crippen LogP contribution in [-0.2, 0) is 9.53 Å². The van der Waals surface area contributed by atoms with E-state index in [2.05, 4.69) is 19.2 Å². The molecule has 0 aromatic heterocycles. The van der Waals surface area contributed by atoms with Gasteiger partial charge in [-0.15, -0.1) is 0 Å². The smallest absolute Gasteiger partial charge is 0.223 e. The van der Waals surface area contributed by atoms with E-state index in [0.29, 0.717) is 11.8 Å². The Hall–Kier alpha value is -0.570. The molecule has 3 nitrogen and oxygen atoms in total. The summed E-state index contributed by atoms with van der Waals surface area (Å²) in [7, 11) is 0. The van der Waals surface area contributed by atoms with Crippen molar-refractivity contribution >= 4 is 5.91 Å². The molecule has 1 amide bonds. The summed E-state index contributed by atoms with van der Waals surface area (Å²) in [6.07, 6.45) is 7.49. The Labute approximate surface area is 122 Å². The lowest BCUT2D eigenvalue weighted by Gasteiger charge is -2.32. The fraction of sp³-hybridized carbons (Fsp3) is 0.941. The SMILES string of the molecule is CC(C)(CNC(=O)C1C2CCCC21)CC1CCOCC1. The second kappa shape index (κ2) is 5.67. The molecule has 1 aliphatic heterocycles. The van der Waals surface area contributed by atoms with Crippen LogP contribution in [-0.4, -0.2) is 25.7 Å². The summed E-state index contributed by atoms with van der Waals surface area (Å²) in [6, 6.07) is 0. The monoisotopic (exact) mass is 279 g/mol. The third-order valence-corrected chi connectivity index (χ3v) is 5.63. The van der Waals surface area contributed by atoms with Gasteiger partial charge in [0, 0.05) is 25.7 Å². The highest BCUT2D eigenvalue weighted by Gasteiger charge is 2.56. The van der Waals surface area contributed by atoms with Crippen molar-refractivity contribution < 1.29 is 9.53 Å². The molecule has 0 aromatic carbocycles. The highest BCUT2D eigenvalue weighted by atomic mass is 16.5. The standard InChI is InChI=1S/C17H29NO2/c1-17(2,10-12-6-8-20-9-7-12)11-18-16(19)15-13-4-3-5-14(13)15/h12-15H,3-11H2,1-2H3,(H,18,19). The van der Waals surface area contributed by atoms with Crippen molar-refractivity contribution in [3.63, 3.8) is 0 Å².